The summed E-state index contributed by atoms with van der Waals surface area (Å²) in [5.74, 6) is 1.02. The summed E-state index contributed by atoms with van der Waals surface area (Å²) in [5, 5.41) is 8.22. The zero-order chi connectivity index (χ0) is 13.8. The molecule has 0 aromatic heterocycles. The van der Waals surface area contributed by atoms with Crippen LogP contribution in [0.5, 0.6) is 0 Å². The van der Waals surface area contributed by atoms with Gasteiger partial charge in [-0.2, -0.15) is 0 Å². The molecule has 0 spiro atoms. The molecule has 0 aliphatic heterocycles. The Morgan fingerprint density at radius 3 is 2.47 bits per heavy atom. The molecule has 98 valence electrons. The fourth-order valence-electron chi connectivity index (χ4n) is 1.78. The molecule has 19 heavy (non-hydrogen) atoms. The third-order valence-corrected chi connectivity index (χ3v) is 4.12. The summed E-state index contributed by atoms with van der Waals surface area (Å²) in [6, 6.07) is 13.9. The molecule has 2 aromatic carbocycles. The second-order valence-corrected chi connectivity index (χ2v) is 5.79. The first-order valence-electron chi connectivity index (χ1n) is 5.88. The average molecular weight is 291 g/mol. The number of benzene rings is 2. The van der Waals surface area contributed by atoms with Crippen LogP contribution < -0.4 is 5.73 Å². The van der Waals surface area contributed by atoms with Crippen molar-refractivity contribution in [1.29, 1.82) is 5.41 Å². The topological polar surface area (TPSA) is 49.9 Å². The minimum Gasteiger partial charge on any atom is -0.384 e. The van der Waals surface area contributed by atoms with Gasteiger partial charge in [0.2, 0.25) is 0 Å². The lowest BCUT2D eigenvalue weighted by Crippen LogP contribution is -2.12. The molecule has 0 saturated carbocycles. The van der Waals surface area contributed by atoms with Crippen LogP contribution in [-0.4, -0.2) is 5.84 Å². The first-order valence-corrected chi connectivity index (χ1v) is 7.25. The van der Waals surface area contributed by atoms with E-state index in [9.17, 15) is 0 Å². The molecule has 4 heteroatoms. The largest absolute Gasteiger partial charge is 0.384 e. The number of aryl methyl sites for hydroxylation is 1. The van der Waals surface area contributed by atoms with Crippen molar-refractivity contribution in [2.75, 3.05) is 0 Å². The van der Waals surface area contributed by atoms with E-state index in [0.717, 1.165) is 21.9 Å². The lowest BCUT2D eigenvalue weighted by Gasteiger charge is -2.07. The zero-order valence-electron chi connectivity index (χ0n) is 10.6. The van der Waals surface area contributed by atoms with Gasteiger partial charge in [0.15, 0.2) is 0 Å². The van der Waals surface area contributed by atoms with Gasteiger partial charge >= 0.3 is 0 Å². The van der Waals surface area contributed by atoms with Gasteiger partial charge in [-0.1, -0.05) is 23.7 Å². The third kappa shape index (κ3) is 3.75. The quantitative estimate of drug-likeness (QED) is 0.503. The highest BCUT2D eigenvalue weighted by Crippen LogP contribution is 2.25. The predicted molar refractivity (Wildman–Crippen MR) is 83.2 cm³/mol. The van der Waals surface area contributed by atoms with Crippen molar-refractivity contribution in [2.45, 2.75) is 17.6 Å². The van der Waals surface area contributed by atoms with Gasteiger partial charge in [0.05, 0.1) is 0 Å². The molecular weight excluding hydrogens is 276 g/mol. The Labute approximate surface area is 122 Å². The van der Waals surface area contributed by atoms with Gasteiger partial charge in [0, 0.05) is 21.2 Å². The number of nitrogens with two attached hydrogens (primary N) is 1. The van der Waals surface area contributed by atoms with Crippen molar-refractivity contribution < 1.29 is 0 Å². The Balaban J connectivity index is 2.06. The summed E-state index contributed by atoms with van der Waals surface area (Å²) < 4.78 is 0. The van der Waals surface area contributed by atoms with Gasteiger partial charge < -0.3 is 5.73 Å². The molecular formula is C15H15ClN2S. The zero-order valence-corrected chi connectivity index (χ0v) is 12.2. The molecule has 0 unspecified atom stereocenters. The summed E-state index contributed by atoms with van der Waals surface area (Å²) >= 11 is 7.62. The highest BCUT2D eigenvalue weighted by Gasteiger charge is 2.03. The Morgan fingerprint density at radius 1 is 1.21 bits per heavy atom. The molecule has 0 fully saturated rings. The number of halogens is 1. The Kier molecular flexibility index (Phi) is 4.51. The van der Waals surface area contributed by atoms with Crippen LogP contribution in [0.1, 0.15) is 16.7 Å². The van der Waals surface area contributed by atoms with Crippen LogP contribution in [0.2, 0.25) is 5.02 Å². The number of nitrogen functional groups attached to an aromatic ring is 1. The van der Waals surface area contributed by atoms with Crippen molar-refractivity contribution in [1.82, 2.24) is 0 Å². The van der Waals surface area contributed by atoms with E-state index in [1.807, 2.05) is 43.3 Å². The summed E-state index contributed by atoms with van der Waals surface area (Å²) in [6.07, 6.45) is 0. The molecule has 2 nitrogen and oxygen atoms in total. The number of hydrogen-bond acceptors (Lipinski definition) is 2. The molecule has 0 radical (unpaired) electrons. The van der Waals surface area contributed by atoms with E-state index in [2.05, 4.69) is 6.07 Å². The maximum absolute atomic E-state index is 7.46. The molecule has 2 aromatic rings. The van der Waals surface area contributed by atoms with E-state index in [4.69, 9.17) is 22.7 Å². The van der Waals surface area contributed by atoms with Gasteiger partial charge in [-0.05, 0) is 48.4 Å². The lowest BCUT2D eigenvalue weighted by molar-refractivity contribution is 1.30. The Hall–Kier alpha value is -1.45. The van der Waals surface area contributed by atoms with Crippen LogP contribution in [-0.2, 0) is 5.75 Å². The van der Waals surface area contributed by atoms with Crippen LogP contribution in [0.3, 0.4) is 0 Å². The van der Waals surface area contributed by atoms with Crippen molar-refractivity contribution in [2.24, 2.45) is 5.73 Å². The van der Waals surface area contributed by atoms with Gasteiger partial charge in [0.25, 0.3) is 0 Å². The summed E-state index contributed by atoms with van der Waals surface area (Å²) in [6.45, 7) is 1.98. The highest BCUT2D eigenvalue weighted by atomic mass is 35.5. The summed E-state index contributed by atoms with van der Waals surface area (Å²) in [4.78, 5) is 1.18. The molecule has 0 bridgehead atoms. The van der Waals surface area contributed by atoms with Crippen molar-refractivity contribution in [3.05, 3.63) is 64.2 Å². The third-order valence-electron chi connectivity index (χ3n) is 2.81. The van der Waals surface area contributed by atoms with Crippen LogP contribution in [0.4, 0.5) is 0 Å². The second-order valence-electron chi connectivity index (χ2n) is 4.31. The molecule has 0 aliphatic rings. The van der Waals surface area contributed by atoms with Crippen LogP contribution in [0.15, 0.2) is 47.4 Å². The molecule has 0 heterocycles. The highest BCUT2D eigenvalue weighted by molar-refractivity contribution is 7.98. The number of hydrogen-bond donors (Lipinski definition) is 2. The van der Waals surface area contributed by atoms with Gasteiger partial charge in [0.1, 0.15) is 5.84 Å². The normalized spacial score (nSPS) is 10.4. The monoisotopic (exact) mass is 290 g/mol. The number of thioether (sulfide) groups is 1. The van der Waals surface area contributed by atoms with Crippen LogP contribution in [0.25, 0.3) is 0 Å². The van der Waals surface area contributed by atoms with E-state index >= 15 is 0 Å². The van der Waals surface area contributed by atoms with E-state index in [-0.39, 0.29) is 5.84 Å². The van der Waals surface area contributed by atoms with Gasteiger partial charge in [-0.15, -0.1) is 11.8 Å². The first kappa shape index (κ1) is 14.0. The molecule has 0 saturated heterocycles. The van der Waals surface area contributed by atoms with Crippen molar-refractivity contribution >= 4 is 29.2 Å². The molecule has 3 N–H and O–H groups in total. The van der Waals surface area contributed by atoms with E-state index in [0.29, 0.717) is 0 Å². The summed E-state index contributed by atoms with van der Waals surface area (Å²) in [7, 11) is 0. The minimum absolute atomic E-state index is 0.117. The van der Waals surface area contributed by atoms with E-state index in [1.165, 1.54) is 10.5 Å². The lowest BCUT2D eigenvalue weighted by atomic mass is 10.1. The van der Waals surface area contributed by atoms with Crippen molar-refractivity contribution in [3.8, 4) is 0 Å². The summed E-state index contributed by atoms with van der Waals surface area (Å²) in [5.41, 5.74) is 8.58. The maximum Gasteiger partial charge on any atom is 0.123 e. The van der Waals surface area contributed by atoms with Crippen molar-refractivity contribution in [3.63, 3.8) is 0 Å². The van der Waals surface area contributed by atoms with Crippen LogP contribution in [0, 0.1) is 12.3 Å². The first-order chi connectivity index (χ1) is 9.06. The second kappa shape index (κ2) is 6.13. The molecule has 0 amide bonds. The van der Waals surface area contributed by atoms with E-state index < -0.39 is 0 Å². The smallest absolute Gasteiger partial charge is 0.123 e. The number of nitrogens with one attached hydrogen (secondary N) is 1. The minimum atomic E-state index is 0.117. The number of rotatable bonds is 4. The molecule has 2 rings (SSSR count). The predicted octanol–water partition coefficient (Wildman–Crippen LogP) is 4.22. The maximum atomic E-state index is 7.46. The molecule has 0 atom stereocenters. The fourth-order valence-corrected chi connectivity index (χ4v) is 2.85. The Bertz CT molecular complexity index is 594. The van der Waals surface area contributed by atoms with Gasteiger partial charge in [-0.3, -0.25) is 5.41 Å². The van der Waals surface area contributed by atoms with E-state index in [1.54, 1.807) is 11.8 Å². The Morgan fingerprint density at radius 2 is 1.89 bits per heavy atom. The standard InChI is InChI=1S/C15H15ClN2S/c1-10-8-13(6-7-14(10)15(17)18)19-9-11-2-4-12(16)5-3-11/h2-8H,9H2,1H3,(H3,17,18). The van der Waals surface area contributed by atoms with Gasteiger partial charge in [-0.25, -0.2) is 0 Å². The number of amidine groups is 1. The van der Waals surface area contributed by atoms with Crippen LogP contribution >= 0.6 is 23.4 Å². The fraction of sp³-hybridized carbons (Fsp3) is 0.133. The molecule has 0 aliphatic carbocycles. The average Bonchev–Trinajstić information content (AvgIpc) is 2.37. The SMILES string of the molecule is Cc1cc(SCc2ccc(Cl)cc2)ccc1C(=N)N.